The molecular formula is C33H46N2O3. The molecule has 5 heteroatoms. The Bertz CT molecular complexity index is 1220. The molecule has 7 atom stereocenters. The number of fused-ring (bicyclic) bond motifs is 7. The monoisotopic (exact) mass is 518 g/mol. The van der Waals surface area contributed by atoms with Gasteiger partial charge >= 0.3 is 0 Å². The molecule has 0 aromatic heterocycles. The van der Waals surface area contributed by atoms with Gasteiger partial charge in [-0.25, -0.2) is 0 Å². The summed E-state index contributed by atoms with van der Waals surface area (Å²) in [4.78, 5) is 41.4. The van der Waals surface area contributed by atoms with Crippen molar-refractivity contribution >= 4 is 17.5 Å². The molecule has 3 fully saturated rings. The van der Waals surface area contributed by atoms with E-state index >= 15 is 0 Å². The lowest BCUT2D eigenvalue weighted by molar-refractivity contribution is -0.178. The molecule has 1 unspecified atom stereocenters. The molecule has 0 heterocycles. The maximum Gasteiger partial charge on any atom is 0.226 e. The minimum Gasteiger partial charge on any atom is -0.356 e. The Morgan fingerprint density at radius 3 is 2.32 bits per heavy atom. The summed E-state index contributed by atoms with van der Waals surface area (Å²) in [6, 6.07) is 2.18. The minimum absolute atomic E-state index is 0.0128. The normalized spacial score (nSPS) is 44.8. The van der Waals surface area contributed by atoms with Gasteiger partial charge < -0.3 is 5.32 Å². The van der Waals surface area contributed by atoms with Crippen molar-refractivity contribution in [3.63, 3.8) is 0 Å². The van der Waals surface area contributed by atoms with E-state index in [2.05, 4.69) is 46.0 Å². The molecule has 5 aliphatic rings. The lowest BCUT2D eigenvalue weighted by Gasteiger charge is -2.69. The molecule has 0 bridgehead atoms. The van der Waals surface area contributed by atoms with Gasteiger partial charge in [0.25, 0.3) is 0 Å². The Morgan fingerprint density at radius 1 is 1.03 bits per heavy atom. The van der Waals surface area contributed by atoms with Gasteiger partial charge in [-0.3, -0.25) is 14.4 Å². The first kappa shape index (κ1) is 27.4. The van der Waals surface area contributed by atoms with Gasteiger partial charge in [0.05, 0.1) is 11.0 Å². The van der Waals surface area contributed by atoms with E-state index in [4.69, 9.17) is 0 Å². The van der Waals surface area contributed by atoms with E-state index in [1.54, 1.807) is 0 Å². The molecule has 38 heavy (non-hydrogen) atoms. The molecule has 5 nitrogen and oxygen atoms in total. The molecule has 0 aliphatic heterocycles. The second-order valence-electron chi connectivity index (χ2n) is 15.3. The molecule has 0 saturated heterocycles. The van der Waals surface area contributed by atoms with Gasteiger partial charge in [-0.1, -0.05) is 60.1 Å². The van der Waals surface area contributed by atoms with Crippen LogP contribution in [-0.2, 0) is 14.4 Å². The van der Waals surface area contributed by atoms with Crippen molar-refractivity contribution < 1.29 is 14.4 Å². The second-order valence-corrected chi connectivity index (χ2v) is 15.3. The smallest absolute Gasteiger partial charge is 0.226 e. The zero-order valence-corrected chi connectivity index (χ0v) is 24.7. The second kappa shape index (κ2) is 8.15. The first-order chi connectivity index (χ1) is 17.5. The third-order valence-electron chi connectivity index (χ3n) is 12.6. The zero-order valence-electron chi connectivity index (χ0n) is 24.7. The van der Waals surface area contributed by atoms with Crippen molar-refractivity contribution in [2.24, 2.45) is 50.2 Å². The van der Waals surface area contributed by atoms with Crippen molar-refractivity contribution in [1.29, 1.82) is 5.26 Å². The first-order valence-electron chi connectivity index (χ1n) is 14.8. The largest absolute Gasteiger partial charge is 0.356 e. The van der Waals surface area contributed by atoms with Crippen LogP contribution in [0, 0.1) is 61.6 Å². The average Bonchev–Trinajstić information content (AvgIpc) is 2.82. The fourth-order valence-electron chi connectivity index (χ4n) is 10.4. The Balaban J connectivity index is 1.69. The summed E-state index contributed by atoms with van der Waals surface area (Å²) >= 11 is 0. The summed E-state index contributed by atoms with van der Waals surface area (Å²) in [6.07, 6.45) is 9.99. The van der Waals surface area contributed by atoms with Crippen LogP contribution >= 0.6 is 0 Å². The molecule has 0 aromatic rings. The molecule has 0 radical (unpaired) electrons. The molecule has 5 aliphatic carbocycles. The van der Waals surface area contributed by atoms with Crippen molar-refractivity contribution in [3.05, 3.63) is 23.3 Å². The topological polar surface area (TPSA) is 87.0 Å². The number of nitrogens with one attached hydrogen (secondary N) is 1. The van der Waals surface area contributed by atoms with Gasteiger partial charge in [-0.2, -0.15) is 5.26 Å². The number of rotatable bonds is 2. The molecule has 3 saturated carbocycles. The van der Waals surface area contributed by atoms with Crippen molar-refractivity contribution in [1.82, 2.24) is 5.32 Å². The highest BCUT2D eigenvalue weighted by Gasteiger charge is 2.70. The number of allylic oxidation sites excluding steroid dienone is 4. The van der Waals surface area contributed by atoms with Crippen molar-refractivity contribution in [3.8, 4) is 6.07 Å². The van der Waals surface area contributed by atoms with E-state index < -0.39 is 16.2 Å². The molecule has 0 spiro atoms. The summed E-state index contributed by atoms with van der Waals surface area (Å²) in [6.45, 7) is 17.9. The van der Waals surface area contributed by atoms with Crippen LogP contribution in [0.2, 0.25) is 0 Å². The number of amides is 1. The molecule has 206 valence electrons. The molecule has 0 aromatic carbocycles. The summed E-state index contributed by atoms with van der Waals surface area (Å²) in [7, 11) is 0. The SMILES string of the molecule is CCNC(=O)[C@]12CCC(C)(C)C[C@H]1C1C(=O)C=C3[C@@]4(C)C=C(C#N)C(=O)C(C)(C)[C@@H]4CC[C@@]3(C)[C@]1(C)CC2. The van der Waals surface area contributed by atoms with E-state index in [9.17, 15) is 19.6 Å². The number of carbonyl (C=O) groups is 3. The average molecular weight is 519 g/mol. The summed E-state index contributed by atoms with van der Waals surface area (Å²) < 4.78 is 0. The van der Waals surface area contributed by atoms with Crippen LogP contribution in [0.4, 0.5) is 0 Å². The van der Waals surface area contributed by atoms with E-state index in [0.29, 0.717) is 6.54 Å². The highest BCUT2D eigenvalue weighted by molar-refractivity contribution is 6.04. The summed E-state index contributed by atoms with van der Waals surface area (Å²) in [5.41, 5.74) is -0.788. The molecule has 5 rings (SSSR count). The third kappa shape index (κ3) is 3.24. The number of nitrogens with zero attached hydrogens (tertiary/aromatic N) is 1. The third-order valence-corrected chi connectivity index (χ3v) is 12.6. The number of ketones is 2. The van der Waals surface area contributed by atoms with Gasteiger partial charge in [0, 0.05) is 23.3 Å². The number of hydrogen-bond acceptors (Lipinski definition) is 4. The highest BCUT2D eigenvalue weighted by atomic mass is 16.2. The minimum atomic E-state index is -0.662. The van der Waals surface area contributed by atoms with Gasteiger partial charge in [0.15, 0.2) is 11.6 Å². The van der Waals surface area contributed by atoms with Crippen LogP contribution in [0.3, 0.4) is 0 Å². The van der Waals surface area contributed by atoms with Crippen LogP contribution in [-0.4, -0.2) is 24.0 Å². The maximum absolute atomic E-state index is 14.5. The Labute approximate surface area is 228 Å². The van der Waals surface area contributed by atoms with E-state index in [-0.39, 0.29) is 57.0 Å². The number of nitriles is 1. The highest BCUT2D eigenvalue weighted by Crippen LogP contribution is 2.74. The van der Waals surface area contributed by atoms with Crippen LogP contribution < -0.4 is 5.32 Å². The number of carbonyl (C=O) groups excluding carboxylic acids is 3. The Kier molecular flexibility index (Phi) is 5.87. The van der Waals surface area contributed by atoms with Gasteiger partial charge in [0.2, 0.25) is 5.91 Å². The number of hydrogen-bond donors (Lipinski definition) is 1. The van der Waals surface area contributed by atoms with Gasteiger partial charge in [-0.05, 0) is 86.0 Å². The predicted molar refractivity (Wildman–Crippen MR) is 148 cm³/mol. The van der Waals surface area contributed by atoms with E-state index in [1.165, 1.54) is 0 Å². The van der Waals surface area contributed by atoms with E-state index in [1.807, 2.05) is 32.9 Å². The van der Waals surface area contributed by atoms with Gasteiger partial charge in [0.1, 0.15) is 6.07 Å². The van der Waals surface area contributed by atoms with Crippen LogP contribution in [0.25, 0.3) is 0 Å². The Hall–Kier alpha value is -2.22. The molecule has 1 N–H and O–H groups in total. The Morgan fingerprint density at radius 2 is 1.68 bits per heavy atom. The summed E-state index contributed by atoms with van der Waals surface area (Å²) in [5.74, 6) is 0.0635. The number of Topliss-reactive ketones (excluding diaryl/α,β-unsaturated/α-hetero) is 1. The summed E-state index contributed by atoms with van der Waals surface area (Å²) in [5, 5.41) is 13.0. The molecule has 1 amide bonds. The fraction of sp³-hybridized carbons (Fsp3) is 0.758. The standard InChI is InChI=1S/C33H46N2O3/c1-9-35-27(38)33-14-12-28(2,3)18-21(33)25-22(36)16-24-30(6)17-20(19-34)26(37)29(4,5)23(30)10-11-31(24,7)32(25,8)13-15-33/h16-17,21,23,25H,9-15,18H2,1-8H3,(H,35,38)/t21-,23-,25?,30-,31+,32+,33-/m0/s1. The van der Waals surface area contributed by atoms with Crippen molar-refractivity contribution in [2.75, 3.05) is 6.54 Å². The van der Waals surface area contributed by atoms with Crippen LogP contribution in [0.1, 0.15) is 100 Å². The zero-order chi connectivity index (χ0) is 28.1. The first-order valence-corrected chi connectivity index (χ1v) is 14.8. The lowest BCUT2D eigenvalue weighted by atomic mass is 9.34. The van der Waals surface area contributed by atoms with E-state index in [0.717, 1.165) is 50.5 Å². The van der Waals surface area contributed by atoms with Crippen LogP contribution in [0.5, 0.6) is 0 Å². The molecular weight excluding hydrogens is 472 g/mol. The lowest BCUT2D eigenvalue weighted by Crippen LogP contribution is -2.66. The maximum atomic E-state index is 14.5. The quantitative estimate of drug-likeness (QED) is 0.462. The van der Waals surface area contributed by atoms with Crippen molar-refractivity contribution in [2.45, 2.75) is 100 Å². The van der Waals surface area contributed by atoms with Gasteiger partial charge in [-0.15, -0.1) is 0 Å². The predicted octanol–water partition coefficient (Wildman–Crippen LogP) is 6.34. The van der Waals surface area contributed by atoms with Crippen LogP contribution in [0.15, 0.2) is 23.3 Å². The fourth-order valence-corrected chi connectivity index (χ4v) is 10.4.